The summed E-state index contributed by atoms with van der Waals surface area (Å²) in [5.74, 6) is 0.363. The van der Waals surface area contributed by atoms with Crippen LogP contribution >= 0.6 is 0 Å². The van der Waals surface area contributed by atoms with Crippen molar-refractivity contribution in [3.05, 3.63) is 48.0 Å². The van der Waals surface area contributed by atoms with Crippen molar-refractivity contribution in [1.82, 2.24) is 10.2 Å². The average Bonchev–Trinajstić information content (AvgIpc) is 2.74. The Balaban J connectivity index is 2.41. The molecular formula is C22H31N3O5S. The van der Waals surface area contributed by atoms with Crippen molar-refractivity contribution in [3.63, 3.8) is 0 Å². The molecule has 1 N–H and O–H groups in total. The SMILES string of the molecule is COc1ccc(OC)c(N(CC(=O)NCCCN(C)C)S(=O)(=O)c2ccc(C)cc2)c1. The number of sulfonamides is 1. The molecule has 9 heteroatoms. The fourth-order valence-electron chi connectivity index (χ4n) is 2.94. The minimum absolute atomic E-state index is 0.0865. The first-order chi connectivity index (χ1) is 14.7. The maximum absolute atomic E-state index is 13.5. The van der Waals surface area contributed by atoms with Crippen molar-refractivity contribution in [2.24, 2.45) is 0 Å². The van der Waals surface area contributed by atoms with Gasteiger partial charge in [-0.15, -0.1) is 0 Å². The van der Waals surface area contributed by atoms with Gasteiger partial charge in [0.2, 0.25) is 5.91 Å². The normalized spacial score (nSPS) is 11.3. The van der Waals surface area contributed by atoms with Gasteiger partial charge in [-0.2, -0.15) is 0 Å². The molecule has 0 saturated heterocycles. The predicted octanol–water partition coefficient (Wildman–Crippen LogP) is 2.28. The molecule has 2 aromatic rings. The van der Waals surface area contributed by atoms with Crippen LogP contribution in [0.25, 0.3) is 0 Å². The van der Waals surface area contributed by atoms with E-state index in [-0.39, 0.29) is 17.1 Å². The quantitative estimate of drug-likeness (QED) is 0.530. The van der Waals surface area contributed by atoms with E-state index in [0.717, 1.165) is 22.8 Å². The molecule has 2 aromatic carbocycles. The summed E-state index contributed by atoms with van der Waals surface area (Å²) in [5, 5.41) is 2.79. The number of nitrogens with one attached hydrogen (secondary N) is 1. The van der Waals surface area contributed by atoms with E-state index in [1.807, 2.05) is 25.9 Å². The number of rotatable bonds is 11. The number of hydrogen-bond acceptors (Lipinski definition) is 6. The van der Waals surface area contributed by atoms with Crippen LogP contribution in [0.3, 0.4) is 0 Å². The average molecular weight is 450 g/mol. The zero-order valence-corrected chi connectivity index (χ0v) is 19.5. The summed E-state index contributed by atoms with van der Waals surface area (Å²) in [5.41, 5.74) is 1.16. The van der Waals surface area contributed by atoms with Gasteiger partial charge in [0.05, 0.1) is 24.8 Å². The summed E-state index contributed by atoms with van der Waals surface area (Å²) in [4.78, 5) is 14.8. The van der Waals surface area contributed by atoms with Gasteiger partial charge < -0.3 is 19.7 Å². The number of nitrogens with zero attached hydrogens (tertiary/aromatic N) is 2. The van der Waals surface area contributed by atoms with Crippen LogP contribution in [0.4, 0.5) is 5.69 Å². The third-order valence-corrected chi connectivity index (χ3v) is 6.43. The van der Waals surface area contributed by atoms with Crippen molar-refractivity contribution in [3.8, 4) is 11.5 Å². The maximum Gasteiger partial charge on any atom is 0.264 e. The van der Waals surface area contributed by atoms with Gasteiger partial charge in [-0.3, -0.25) is 9.10 Å². The summed E-state index contributed by atoms with van der Waals surface area (Å²) >= 11 is 0. The molecule has 0 fully saturated rings. The smallest absolute Gasteiger partial charge is 0.264 e. The number of methoxy groups -OCH3 is 2. The van der Waals surface area contributed by atoms with Crippen LogP contribution in [0.5, 0.6) is 11.5 Å². The highest BCUT2D eigenvalue weighted by molar-refractivity contribution is 7.92. The van der Waals surface area contributed by atoms with Crippen LogP contribution in [-0.4, -0.2) is 67.2 Å². The molecule has 0 saturated carbocycles. The lowest BCUT2D eigenvalue weighted by molar-refractivity contribution is -0.119. The second kappa shape index (κ2) is 11.0. The van der Waals surface area contributed by atoms with Gasteiger partial charge in [-0.25, -0.2) is 8.42 Å². The lowest BCUT2D eigenvalue weighted by Gasteiger charge is -2.26. The molecule has 0 unspecified atom stereocenters. The van der Waals surface area contributed by atoms with Crippen LogP contribution < -0.4 is 19.1 Å². The van der Waals surface area contributed by atoms with Gasteiger partial charge in [-0.05, 0) is 58.3 Å². The minimum Gasteiger partial charge on any atom is -0.497 e. The summed E-state index contributed by atoms with van der Waals surface area (Å²) in [7, 11) is 2.80. The van der Waals surface area contributed by atoms with Crippen LogP contribution in [0, 0.1) is 6.92 Å². The molecule has 0 atom stereocenters. The van der Waals surface area contributed by atoms with Crippen LogP contribution in [0.15, 0.2) is 47.4 Å². The summed E-state index contributed by atoms with van der Waals surface area (Å²) < 4.78 is 38.7. The van der Waals surface area contributed by atoms with Gasteiger partial charge in [0.15, 0.2) is 0 Å². The van der Waals surface area contributed by atoms with E-state index < -0.39 is 15.9 Å². The van der Waals surface area contributed by atoms with Crippen LogP contribution in [-0.2, 0) is 14.8 Å². The summed E-state index contributed by atoms with van der Waals surface area (Å²) in [6.07, 6.45) is 0.756. The highest BCUT2D eigenvalue weighted by Crippen LogP contribution is 2.35. The highest BCUT2D eigenvalue weighted by Gasteiger charge is 2.29. The molecular weight excluding hydrogens is 418 g/mol. The Kier molecular flexibility index (Phi) is 8.70. The number of amides is 1. The Labute approximate surface area is 184 Å². The Hall–Kier alpha value is -2.78. The first kappa shape index (κ1) is 24.5. The molecule has 0 spiro atoms. The van der Waals surface area contributed by atoms with E-state index in [1.165, 1.54) is 26.4 Å². The molecule has 0 heterocycles. The number of benzene rings is 2. The van der Waals surface area contributed by atoms with Crippen molar-refractivity contribution in [2.75, 3.05) is 52.3 Å². The fraction of sp³-hybridized carbons (Fsp3) is 0.409. The number of anilines is 1. The number of carbonyl (C=O) groups is 1. The van der Waals surface area contributed by atoms with E-state index in [0.29, 0.717) is 18.0 Å². The van der Waals surface area contributed by atoms with Crippen LogP contribution in [0.2, 0.25) is 0 Å². The Morgan fingerprint density at radius 3 is 2.29 bits per heavy atom. The minimum atomic E-state index is -4.04. The third kappa shape index (κ3) is 6.60. The van der Waals surface area contributed by atoms with Crippen molar-refractivity contribution >= 4 is 21.6 Å². The highest BCUT2D eigenvalue weighted by atomic mass is 32.2. The van der Waals surface area contributed by atoms with Crippen molar-refractivity contribution in [2.45, 2.75) is 18.2 Å². The number of aryl methyl sites for hydroxylation is 1. The lowest BCUT2D eigenvalue weighted by Crippen LogP contribution is -2.41. The Morgan fingerprint density at radius 2 is 1.71 bits per heavy atom. The van der Waals surface area contributed by atoms with E-state index in [2.05, 4.69) is 5.32 Å². The molecule has 8 nitrogen and oxygen atoms in total. The number of carbonyl (C=O) groups excluding carboxylic acids is 1. The summed E-state index contributed by atoms with van der Waals surface area (Å²) in [6, 6.07) is 11.3. The number of ether oxygens (including phenoxy) is 2. The maximum atomic E-state index is 13.5. The molecule has 1 amide bonds. The molecule has 0 aliphatic heterocycles. The second-order valence-electron chi connectivity index (χ2n) is 7.37. The van der Waals surface area contributed by atoms with E-state index in [4.69, 9.17) is 9.47 Å². The van der Waals surface area contributed by atoms with Gasteiger partial charge in [0.1, 0.15) is 18.0 Å². The standard InChI is InChI=1S/C22H31N3O5S/c1-17-7-10-19(11-8-17)31(27,28)25(16-22(26)23-13-6-14-24(2)3)20-15-18(29-4)9-12-21(20)30-5/h7-12,15H,6,13-14,16H2,1-5H3,(H,23,26). The molecule has 170 valence electrons. The Morgan fingerprint density at radius 1 is 1.03 bits per heavy atom. The fourth-order valence-corrected chi connectivity index (χ4v) is 4.36. The van der Waals surface area contributed by atoms with Gasteiger partial charge >= 0.3 is 0 Å². The first-order valence-corrected chi connectivity index (χ1v) is 11.4. The van der Waals surface area contributed by atoms with Gasteiger partial charge in [-0.1, -0.05) is 17.7 Å². The largest absolute Gasteiger partial charge is 0.497 e. The van der Waals surface area contributed by atoms with Crippen molar-refractivity contribution in [1.29, 1.82) is 0 Å². The number of hydrogen-bond donors (Lipinski definition) is 1. The van der Waals surface area contributed by atoms with Crippen molar-refractivity contribution < 1.29 is 22.7 Å². The topological polar surface area (TPSA) is 88.2 Å². The molecule has 0 bridgehead atoms. The van der Waals surface area contributed by atoms with E-state index in [9.17, 15) is 13.2 Å². The molecule has 0 aliphatic carbocycles. The monoisotopic (exact) mass is 449 g/mol. The lowest BCUT2D eigenvalue weighted by atomic mass is 10.2. The zero-order valence-electron chi connectivity index (χ0n) is 18.7. The molecule has 2 rings (SSSR count). The first-order valence-electron chi connectivity index (χ1n) is 9.92. The molecule has 31 heavy (non-hydrogen) atoms. The summed E-state index contributed by atoms with van der Waals surface area (Å²) in [6.45, 7) is 2.75. The molecule has 0 aromatic heterocycles. The molecule has 0 radical (unpaired) electrons. The van der Waals surface area contributed by atoms with E-state index in [1.54, 1.807) is 30.3 Å². The predicted molar refractivity (Wildman–Crippen MR) is 121 cm³/mol. The van der Waals surface area contributed by atoms with Gasteiger partial charge in [0, 0.05) is 12.6 Å². The second-order valence-corrected chi connectivity index (χ2v) is 9.23. The molecule has 0 aliphatic rings. The van der Waals surface area contributed by atoms with Crippen LogP contribution in [0.1, 0.15) is 12.0 Å². The Bertz CT molecular complexity index is 975. The van der Waals surface area contributed by atoms with Gasteiger partial charge in [0.25, 0.3) is 10.0 Å². The third-order valence-electron chi connectivity index (χ3n) is 4.66. The zero-order chi connectivity index (χ0) is 23.0. The van der Waals surface area contributed by atoms with E-state index >= 15 is 0 Å².